The summed E-state index contributed by atoms with van der Waals surface area (Å²) >= 11 is 13.4. The summed E-state index contributed by atoms with van der Waals surface area (Å²) in [7, 11) is 5.41. The monoisotopic (exact) mass is 1460 g/mol. The molecule has 4 bridgehead atoms. The number of rotatable bonds is 26. The highest BCUT2D eigenvalue weighted by Gasteiger charge is 2.61. The number of allylic oxidation sites excluding steroid dienone is 3. The van der Waals surface area contributed by atoms with Crippen molar-refractivity contribution >= 4 is 109 Å². The summed E-state index contributed by atoms with van der Waals surface area (Å²) in [6.45, 7) is 11.5. The second kappa shape index (κ2) is 34.3. The lowest BCUT2D eigenvalue weighted by Crippen LogP contribution is -2.68. The Hall–Kier alpha value is -6.37. The number of nitrogens with zero attached hydrogens (tertiary/aromatic N) is 2. The van der Waals surface area contributed by atoms with Gasteiger partial charge in [0, 0.05) is 62.9 Å². The van der Waals surface area contributed by atoms with Gasteiger partial charge in [-0.15, -0.1) is 0 Å². The van der Waals surface area contributed by atoms with E-state index in [4.69, 9.17) is 45.8 Å². The third-order valence-corrected chi connectivity index (χ3v) is 18.9. The minimum absolute atomic E-state index is 0.0379. The highest BCUT2D eigenvalue weighted by Crippen LogP contribution is 2.51. The van der Waals surface area contributed by atoms with Gasteiger partial charge in [0.05, 0.1) is 59.5 Å². The number of esters is 2. The zero-order valence-corrected chi connectivity index (χ0v) is 57.8. The highest BCUT2D eigenvalue weighted by molar-refractivity contribution is 9.09. The number of alkyl carbamates (subject to hydrolysis) is 1. The van der Waals surface area contributed by atoms with Crippen molar-refractivity contribution in [3.8, 4) is 5.75 Å². The van der Waals surface area contributed by atoms with E-state index in [-0.39, 0.29) is 50.1 Å². The quantitative estimate of drug-likeness (QED) is 0.0154. The van der Waals surface area contributed by atoms with Crippen molar-refractivity contribution in [2.75, 3.05) is 55.7 Å². The number of urea groups is 1. The van der Waals surface area contributed by atoms with Crippen LogP contribution in [0, 0.1) is 23.2 Å². The molecule has 12 atom stereocenters. The largest absolute Gasteiger partial charge is 0.495 e. The number of fused-ring (bicyclic) bond motifs is 5. The Morgan fingerprint density at radius 1 is 1.01 bits per heavy atom. The maximum Gasteiger partial charge on any atom is 0.417 e. The molecule has 8 N–H and O–H groups in total. The number of methoxy groups -OCH3 is 2. The molecule has 0 saturated carbocycles. The molecule has 24 nitrogen and oxygen atoms in total. The van der Waals surface area contributed by atoms with Crippen LogP contribution in [0.25, 0.3) is 0 Å². The summed E-state index contributed by atoms with van der Waals surface area (Å²) in [5.74, 6) is -6.26. The number of primary amides is 1. The number of nitrogens with two attached hydrogens (primary N) is 1. The predicted molar refractivity (Wildman–Crippen MR) is 346 cm³/mol. The van der Waals surface area contributed by atoms with Crippen LogP contribution in [0.1, 0.15) is 121 Å². The van der Waals surface area contributed by atoms with E-state index in [2.05, 4.69) is 58.4 Å². The fraction of sp³-hybridized carbons (Fsp3) is 0.603. The standard InChI is InChI=1S/C63H86Br2ClF3N8O16/c1-33(2)51(72-41(32-78)17-13-16-35(4)90-57(84)39(30-64)31-65)54(81)74-44(18-14-24-71-59(70)85)53(80)73-40-20-21-42(43(28-40)63(67,68)69)55(82)76(8)37(6)56(83)93-58-61(7)23-22-49(79)77(9)45-26-38(27-46(88-10)50(45)66)25-34(3)15-12-19-48(89-11)62(87)29-47(91-60(86)75-62)36(5)52(61)92-58/h12,15,19-21,26-28,32-33,35-37,39,41,44,47-48,51-52,58,72,87H,13-14,16-18,22-25,29-31H2,1-11H3,(H,73,80)(H,74,81)(H,75,86)(H3,70,71,85)/b19-12+,34-15+/t35?,36-,37+,41?,44+,47+,48-,51+,52+,58+,61-,62+/m1/s1. The minimum Gasteiger partial charge on any atom is -0.495 e. The summed E-state index contributed by atoms with van der Waals surface area (Å²) in [6.07, 6.45) is -4.62. The lowest BCUT2D eigenvalue weighted by Gasteiger charge is -2.56. The first-order chi connectivity index (χ1) is 43.7. The van der Waals surface area contributed by atoms with Gasteiger partial charge in [-0.2, -0.15) is 13.2 Å². The molecular formula is C63H86Br2ClF3N8O16. The number of halogens is 6. The molecule has 7 amide bonds. The molecule has 3 heterocycles. The van der Waals surface area contributed by atoms with Gasteiger partial charge >= 0.3 is 30.2 Å². The first kappa shape index (κ1) is 77.3. The number of nitrogens with one attached hydrogen (secondary N) is 5. The molecule has 3 aliphatic rings. The summed E-state index contributed by atoms with van der Waals surface area (Å²) in [5, 5.41) is 25.8. The van der Waals surface area contributed by atoms with Crippen LogP contribution in [0.15, 0.2) is 54.1 Å². The van der Waals surface area contributed by atoms with Gasteiger partial charge in [0.1, 0.15) is 41.3 Å². The molecule has 30 heteroatoms. The van der Waals surface area contributed by atoms with Gasteiger partial charge in [0.15, 0.2) is 5.72 Å². The van der Waals surface area contributed by atoms with Crippen LogP contribution in [0.4, 0.5) is 34.1 Å². The highest BCUT2D eigenvalue weighted by atomic mass is 79.9. The van der Waals surface area contributed by atoms with E-state index < -0.39 is 154 Å². The zero-order valence-electron chi connectivity index (χ0n) is 53.9. The van der Waals surface area contributed by atoms with Gasteiger partial charge in [0.25, 0.3) is 5.91 Å². The van der Waals surface area contributed by atoms with Crippen molar-refractivity contribution in [2.24, 2.45) is 28.9 Å². The Labute approximate surface area is 561 Å². The lowest BCUT2D eigenvalue weighted by atomic mass is 9.68. The Morgan fingerprint density at radius 3 is 2.31 bits per heavy atom. The molecule has 2 unspecified atom stereocenters. The SMILES string of the molecule is COc1cc2cc(c1Cl)N(C)C(=O)CC[C@@]1(C)[C@H](OC(=O)[C@H](C)N(C)C(=O)c3ccc(NC(=O)[C@H](CCCNC(N)=O)NC(=O)[C@@H](NC(C=O)CCCC(C)OC(=O)C(CBr)CBr)C(C)C)cc3C(F)(F)F)O[C@H]1[C@H](C)[C@@H]1C[C@@](O)(NC(=O)O1)[C@H](OC)/C=C/C=C(\C)C2. The zero-order chi connectivity index (χ0) is 69.4. The number of anilines is 2. The third-order valence-electron chi connectivity index (χ3n) is 16.9. The second-order valence-electron chi connectivity index (χ2n) is 24.4. The minimum atomic E-state index is -5.23. The van der Waals surface area contributed by atoms with E-state index in [1.165, 1.54) is 33.1 Å². The van der Waals surface area contributed by atoms with E-state index in [1.807, 2.05) is 6.92 Å². The number of ether oxygens (including phenoxy) is 6. The fourth-order valence-corrected chi connectivity index (χ4v) is 13.1. The molecule has 0 aliphatic carbocycles. The number of amides is 7. The lowest BCUT2D eigenvalue weighted by molar-refractivity contribution is -0.354. The molecule has 516 valence electrons. The number of aliphatic hydroxyl groups is 1. The smallest absolute Gasteiger partial charge is 0.417 e. The number of alkyl halides is 5. The van der Waals surface area contributed by atoms with E-state index in [1.54, 1.807) is 65.0 Å². The first-order valence-electron chi connectivity index (χ1n) is 30.4. The second-order valence-corrected chi connectivity index (χ2v) is 26.0. The first-order valence-corrected chi connectivity index (χ1v) is 33.0. The number of carbonyl (C=O) groups is 9. The molecule has 5 rings (SSSR count). The Bertz CT molecular complexity index is 3090. The number of hydrogen-bond acceptors (Lipinski definition) is 17. The van der Waals surface area contributed by atoms with Crippen molar-refractivity contribution in [3.63, 3.8) is 0 Å². The number of aldehydes is 1. The molecule has 2 aromatic rings. The van der Waals surface area contributed by atoms with Crippen molar-refractivity contribution in [1.29, 1.82) is 0 Å². The van der Waals surface area contributed by atoms with E-state index in [9.17, 15) is 48.3 Å². The van der Waals surface area contributed by atoms with Crippen LogP contribution < -0.4 is 42.0 Å². The van der Waals surface area contributed by atoms with E-state index in [0.717, 1.165) is 35.2 Å². The van der Waals surface area contributed by atoms with Crippen LogP contribution in [-0.4, -0.2) is 170 Å². The average molecular weight is 1460 g/mol. The van der Waals surface area contributed by atoms with Gasteiger partial charge < -0.3 is 69.8 Å². The van der Waals surface area contributed by atoms with Gasteiger partial charge in [-0.3, -0.25) is 34.6 Å². The Balaban J connectivity index is 1.36. The molecular weight excluding hydrogens is 1380 g/mol. The average Bonchev–Trinajstić information content (AvgIpc) is 0.798. The maximum absolute atomic E-state index is 15.1. The molecule has 0 spiro atoms. The Morgan fingerprint density at radius 2 is 1.70 bits per heavy atom. The van der Waals surface area contributed by atoms with Crippen LogP contribution in [0.2, 0.25) is 5.02 Å². The van der Waals surface area contributed by atoms with Gasteiger partial charge in [-0.05, 0) is 108 Å². The predicted octanol–water partition coefficient (Wildman–Crippen LogP) is 8.00. The molecule has 2 aromatic carbocycles. The maximum atomic E-state index is 15.1. The summed E-state index contributed by atoms with van der Waals surface area (Å²) in [5.41, 5.74) is 1.02. The molecule has 0 aromatic heterocycles. The van der Waals surface area contributed by atoms with Crippen molar-refractivity contribution in [2.45, 2.75) is 173 Å². The molecule has 93 heavy (non-hydrogen) atoms. The van der Waals surface area contributed by atoms with Crippen LogP contribution in [0.5, 0.6) is 5.75 Å². The van der Waals surface area contributed by atoms with E-state index >= 15 is 13.2 Å². The summed E-state index contributed by atoms with van der Waals surface area (Å²) in [4.78, 5) is 122. The van der Waals surface area contributed by atoms with Crippen molar-refractivity contribution < 1.29 is 89.8 Å². The topological polar surface area (TPSA) is 322 Å². The Kier molecular flexibility index (Phi) is 28.6. The third kappa shape index (κ3) is 20.3. The van der Waals surface area contributed by atoms with Gasteiger partial charge in [-0.1, -0.05) is 95.0 Å². The number of benzene rings is 2. The van der Waals surface area contributed by atoms with Crippen LogP contribution >= 0.6 is 43.5 Å². The van der Waals surface area contributed by atoms with Gasteiger partial charge in [-0.25, -0.2) is 14.4 Å². The normalized spacial score (nSPS) is 24.4. The van der Waals surface area contributed by atoms with Crippen molar-refractivity contribution in [1.82, 2.24) is 26.2 Å². The number of carbonyl (C=O) groups excluding carboxylic acids is 9. The number of likely N-dealkylation sites (N-methyl/N-ethyl adjacent to an activating group) is 1. The van der Waals surface area contributed by atoms with Crippen LogP contribution in [0.3, 0.4) is 0 Å². The van der Waals surface area contributed by atoms with Gasteiger partial charge in [0.2, 0.25) is 24.0 Å². The number of hydrogen-bond donors (Lipinski definition) is 7. The molecule has 3 aliphatic heterocycles. The summed E-state index contributed by atoms with van der Waals surface area (Å²) in [6, 6.07) is 0.0182. The van der Waals surface area contributed by atoms with Crippen molar-refractivity contribution in [3.05, 3.63) is 75.8 Å². The molecule has 2 saturated heterocycles. The summed E-state index contributed by atoms with van der Waals surface area (Å²) < 4.78 is 80.1. The van der Waals surface area contributed by atoms with E-state index in [0.29, 0.717) is 53.7 Å². The molecule has 0 radical (unpaired) electrons. The molecule has 2 fully saturated rings. The van der Waals surface area contributed by atoms with Crippen LogP contribution in [-0.2, 0) is 65.0 Å². The fourth-order valence-electron chi connectivity index (χ4n) is 11.2.